The van der Waals surface area contributed by atoms with Crippen LogP contribution >= 0.6 is 31.3 Å². The van der Waals surface area contributed by atoms with Gasteiger partial charge in [0.1, 0.15) is 66.3 Å². The molecule has 394 valence electrons. The summed E-state index contributed by atoms with van der Waals surface area (Å²) in [4.78, 5) is 98.9. The van der Waals surface area contributed by atoms with Crippen LogP contribution < -0.4 is 32.8 Å². The number of aromatic nitrogens is 10. The van der Waals surface area contributed by atoms with Gasteiger partial charge in [-0.1, -0.05) is 4.98 Å². The number of phosphoric ester groups is 3. The van der Waals surface area contributed by atoms with E-state index < -0.39 is 148 Å². The summed E-state index contributed by atoms with van der Waals surface area (Å²) >= 11 is 0. The lowest BCUT2D eigenvalue weighted by Gasteiger charge is -2.32. The Morgan fingerprint density at radius 3 is 2.21 bits per heavy atom. The second-order valence-corrected chi connectivity index (χ2v) is 22.3. The zero-order valence-corrected chi connectivity index (χ0v) is 39.7. The maximum absolute atomic E-state index is 13.6. The minimum Gasteiger partial charge on any atom is -0.387 e. The largest absolute Gasteiger partial charge is 0.490 e. The van der Waals surface area contributed by atoms with Crippen molar-refractivity contribution >= 4 is 65.4 Å². The molecule has 41 heteroatoms. The molecule has 9 rings (SSSR count). The molecule has 4 saturated heterocycles. The van der Waals surface area contributed by atoms with Crippen LogP contribution in [0.15, 0.2) is 45.6 Å². The van der Waals surface area contributed by atoms with E-state index in [4.69, 9.17) is 44.0 Å². The molecule has 72 heavy (non-hydrogen) atoms. The smallest absolute Gasteiger partial charge is 0.387 e. The van der Waals surface area contributed by atoms with Crippen LogP contribution in [0.3, 0.4) is 0 Å². The lowest BCUT2D eigenvalue weighted by atomic mass is 10.0. The van der Waals surface area contributed by atoms with Crippen molar-refractivity contribution in [3.05, 3.63) is 62.4 Å². The third kappa shape index (κ3) is 10.0. The number of nitrogens with two attached hydrogens (primary N) is 2. The number of fused-ring (bicyclic) bond motifs is 4. The summed E-state index contributed by atoms with van der Waals surface area (Å²) in [5, 5.41) is 42.7. The van der Waals surface area contributed by atoms with Crippen LogP contribution in [0.2, 0.25) is 0 Å². The molecule has 16 atom stereocenters. The lowest BCUT2D eigenvalue weighted by Crippen LogP contribution is -2.46. The first-order valence-electron chi connectivity index (χ1n) is 20.4. The van der Waals surface area contributed by atoms with Crippen molar-refractivity contribution in [2.75, 3.05) is 37.9 Å². The number of nitrogens with zero attached hydrogens (tertiary/aromatic N) is 8. The highest BCUT2D eigenvalue weighted by Crippen LogP contribution is 2.68. The Kier molecular flexibility index (Phi) is 13.7. The van der Waals surface area contributed by atoms with Gasteiger partial charge in [0.15, 0.2) is 30.2 Å². The fourth-order valence-electron chi connectivity index (χ4n) is 8.23. The summed E-state index contributed by atoms with van der Waals surface area (Å²) in [6, 6.07) is 0.923. The average molecular weight is 1110 g/mol. The molecule has 4 fully saturated rings. The predicted molar refractivity (Wildman–Crippen MR) is 226 cm³/mol. The minimum absolute atomic E-state index is 0.0172. The van der Waals surface area contributed by atoms with Gasteiger partial charge in [0.2, 0.25) is 11.7 Å². The van der Waals surface area contributed by atoms with Crippen LogP contribution in [-0.2, 0) is 71.0 Å². The number of rotatable bonds is 18. The second-order valence-electron chi connectivity index (χ2n) is 16.2. The molecule has 0 amide bonds. The summed E-state index contributed by atoms with van der Waals surface area (Å²) in [6.07, 6.45) is -14.2. The summed E-state index contributed by atoms with van der Waals surface area (Å²) in [5.41, 5.74) is 6.76. The molecule has 0 radical (unpaired) electrons. The van der Waals surface area contributed by atoms with Gasteiger partial charge in [0.25, 0.3) is 17.1 Å². The molecule has 0 aliphatic carbocycles. The quantitative estimate of drug-likeness (QED) is 0.0288. The van der Waals surface area contributed by atoms with Crippen LogP contribution in [0.5, 0.6) is 0 Å². The highest BCUT2D eigenvalue weighted by atomic mass is 31.3. The van der Waals surface area contributed by atoms with Crippen LogP contribution in [0.4, 0.5) is 11.8 Å². The van der Waals surface area contributed by atoms with Crippen molar-refractivity contribution in [1.29, 1.82) is 0 Å². The third-order valence-electron chi connectivity index (χ3n) is 11.4. The van der Waals surface area contributed by atoms with E-state index in [1.165, 1.54) is 22.5 Å². The van der Waals surface area contributed by atoms with Gasteiger partial charge in [-0.15, -0.1) is 0 Å². The van der Waals surface area contributed by atoms with E-state index in [1.807, 2.05) is 4.98 Å². The Balaban J connectivity index is 0.866. The number of aliphatic hydroxyl groups excluding tert-OH is 4. The van der Waals surface area contributed by atoms with Gasteiger partial charge in [-0.2, -0.15) is 8.62 Å². The van der Waals surface area contributed by atoms with E-state index in [0.29, 0.717) is 0 Å². The van der Waals surface area contributed by atoms with E-state index in [0.717, 1.165) is 34.1 Å². The maximum Gasteiger partial charge on any atom is 0.490 e. The van der Waals surface area contributed by atoms with Gasteiger partial charge >= 0.3 is 42.6 Å². The van der Waals surface area contributed by atoms with E-state index in [-0.39, 0.29) is 34.1 Å². The molecule has 2 bridgehead atoms. The SMILES string of the molecule is Cn1c[n+]([C@@H]2O[C@H](COP(=O)(O)OP(=O)(O)OP(=O)(O)OC[C@]34CO[C@@H](C3OP(=O)(O)OC[C@H]3O[C@@H](n5ccc(=O)[nH]c5=O)[C@@H](O)C3O)[C@H](n3cnc5c(N)ncnc53)O4)[C@H](O)C2O)c2nc(N)[nH]c(=O)c21. The molecule has 0 aromatic carbocycles. The fraction of sp³-hybridized carbons (Fsp3) is 0.548. The van der Waals surface area contributed by atoms with Crippen LogP contribution in [-0.4, -0.2) is 164 Å². The second kappa shape index (κ2) is 18.9. The number of ether oxygens (including phenoxy) is 4. The van der Waals surface area contributed by atoms with Gasteiger partial charge in [-0.05, 0) is 0 Å². The number of hydrogen-bond acceptors (Lipinski definition) is 27. The first-order chi connectivity index (χ1) is 33.7. The van der Waals surface area contributed by atoms with Gasteiger partial charge < -0.3 is 70.4 Å². The average Bonchev–Trinajstić information content (AvgIpc) is 4.12. The molecule has 4 aliphatic heterocycles. The number of nitrogen functional groups attached to an aromatic ring is 2. The first-order valence-corrected chi connectivity index (χ1v) is 26.3. The van der Waals surface area contributed by atoms with Gasteiger partial charge in [0, 0.05) is 12.3 Å². The van der Waals surface area contributed by atoms with Crippen molar-refractivity contribution < 1.29 is 108 Å². The molecule has 4 aliphatic rings. The number of hydrogen-bond donors (Lipinski definition) is 12. The number of aliphatic hydroxyl groups is 4. The monoisotopic (exact) mass is 1110 g/mol. The Morgan fingerprint density at radius 2 is 1.50 bits per heavy atom. The summed E-state index contributed by atoms with van der Waals surface area (Å²) in [5.74, 6) is -0.396. The fourth-order valence-corrected chi connectivity index (χ4v) is 12.8. The third-order valence-corrected chi connectivity index (χ3v) is 16.6. The molecule has 0 saturated carbocycles. The molecular formula is C31H41N12O25P4+. The standard InChI is InChI=1S/C31H40N12O25P4/c1-40-10-43(24-15(40)25(49)39-29(33)38-24)27-19(48)17(46)12(64-27)5-61-70(53,54)67-72(57,58)68-71(55,56)62-7-31-6-59-20(28(65-31)42-9-36-14-22(32)34-8-35-23(14)42)21(31)66-69(51,52)60-4-11-16(45)18(47)26(63-11)41-3-2-13(44)37-30(41)50/h2-3,8-12,16-21,26-28,45-48H,4-7H2,1H3,(H9-,32,33,34,35,37,38,39,44,49,50,51,52,53,54,55,56,57,58)/p+1/t11-,12-,16?,17+,18+,19?,20+,21?,26-,27-,28-,31-/m1/s1. The zero-order chi connectivity index (χ0) is 52.0. The molecule has 5 aromatic rings. The summed E-state index contributed by atoms with van der Waals surface area (Å²) in [6.45, 7) is -4.13. The maximum atomic E-state index is 13.6. The molecule has 14 N–H and O–H groups in total. The Hall–Kier alpha value is -4.62. The zero-order valence-electron chi connectivity index (χ0n) is 36.1. The van der Waals surface area contributed by atoms with Crippen molar-refractivity contribution in [3.63, 3.8) is 0 Å². The minimum atomic E-state index is -6.21. The molecule has 0 spiro atoms. The predicted octanol–water partition coefficient (Wildman–Crippen LogP) is -5.12. The number of nitrogens with one attached hydrogen (secondary N) is 2. The van der Waals surface area contributed by atoms with Gasteiger partial charge in [-0.3, -0.25) is 51.4 Å². The number of phosphoric acid groups is 4. The van der Waals surface area contributed by atoms with E-state index in [9.17, 15) is 72.6 Å². The first kappa shape index (κ1) is 52.3. The normalized spacial score (nSPS) is 32.8. The number of H-pyrrole nitrogens is 2. The van der Waals surface area contributed by atoms with Crippen molar-refractivity contribution in [2.24, 2.45) is 7.05 Å². The van der Waals surface area contributed by atoms with Crippen molar-refractivity contribution in [1.82, 2.24) is 43.6 Å². The molecular weight excluding hydrogens is 1060 g/mol. The summed E-state index contributed by atoms with van der Waals surface area (Å²) in [7, 11) is -22.0. The molecule has 9 heterocycles. The molecule has 7 unspecified atom stereocenters. The highest BCUT2D eigenvalue weighted by Gasteiger charge is 2.66. The topological polar surface area (TPSA) is 527 Å². The van der Waals surface area contributed by atoms with Crippen LogP contribution in [0.1, 0.15) is 18.7 Å². The highest BCUT2D eigenvalue weighted by molar-refractivity contribution is 7.66. The van der Waals surface area contributed by atoms with Crippen LogP contribution in [0.25, 0.3) is 22.3 Å². The van der Waals surface area contributed by atoms with E-state index in [2.05, 4.69) is 38.1 Å². The lowest BCUT2D eigenvalue weighted by molar-refractivity contribution is -0.745. The van der Waals surface area contributed by atoms with Gasteiger partial charge in [-0.25, -0.2) is 42.6 Å². The van der Waals surface area contributed by atoms with Crippen molar-refractivity contribution in [2.45, 2.75) is 73.1 Å². The van der Waals surface area contributed by atoms with Crippen molar-refractivity contribution in [3.8, 4) is 0 Å². The van der Waals surface area contributed by atoms with Crippen LogP contribution in [0, 0.1) is 0 Å². The number of imidazole rings is 2. The summed E-state index contributed by atoms with van der Waals surface area (Å²) < 4.78 is 109. The van der Waals surface area contributed by atoms with E-state index in [1.54, 1.807) is 0 Å². The molecule has 37 nitrogen and oxygen atoms in total. The number of aryl methyl sites for hydroxylation is 1. The Labute approximate surface area is 397 Å². The van der Waals surface area contributed by atoms with Gasteiger partial charge in [0.05, 0.1) is 39.8 Å². The number of anilines is 2. The Bertz CT molecular complexity index is 3300. The molecule has 5 aromatic heterocycles. The Morgan fingerprint density at radius 1 is 0.833 bits per heavy atom. The number of aromatic amines is 2. The van der Waals surface area contributed by atoms with E-state index >= 15 is 0 Å².